The molecule has 5 heteroatoms. The first-order chi connectivity index (χ1) is 11.1. The van der Waals surface area contributed by atoms with E-state index in [0.29, 0.717) is 17.8 Å². The fourth-order valence-corrected chi connectivity index (χ4v) is 3.09. The van der Waals surface area contributed by atoms with Gasteiger partial charge in [-0.15, -0.1) is 0 Å². The summed E-state index contributed by atoms with van der Waals surface area (Å²) in [6.07, 6.45) is 8.85. The summed E-state index contributed by atoms with van der Waals surface area (Å²) in [4.78, 5) is 8.28. The third kappa shape index (κ3) is 1.02. The first-order valence-electron chi connectivity index (χ1n) is 7.89. The monoisotopic (exact) mass is 265 g/mol. The van der Waals surface area contributed by atoms with Crippen molar-refractivity contribution in [3.05, 3.63) is 48.7 Å². The zero-order valence-electron chi connectivity index (χ0n) is 13.5. The van der Waals surface area contributed by atoms with Crippen LogP contribution in [-0.2, 0) is 13.5 Å². The molecule has 0 radical (unpaired) electrons. The number of pyridine rings is 2. The summed E-state index contributed by atoms with van der Waals surface area (Å²) in [5.74, 6) is 0.638. The summed E-state index contributed by atoms with van der Waals surface area (Å²) in [5.41, 5.74) is 4.62. The van der Waals surface area contributed by atoms with E-state index in [2.05, 4.69) is 9.97 Å². The number of aryl methyl sites for hydroxylation is 1. The molecule has 0 unspecified atom stereocenters. The molecular formula is C15H12N5+. The van der Waals surface area contributed by atoms with Gasteiger partial charge in [0.2, 0.25) is 0 Å². The number of aromatic nitrogens is 5. The van der Waals surface area contributed by atoms with Crippen molar-refractivity contribution in [1.82, 2.24) is 19.1 Å². The van der Waals surface area contributed by atoms with Gasteiger partial charge >= 0.3 is 5.78 Å². The molecular weight excluding hydrogens is 250 g/mol. The van der Waals surface area contributed by atoms with E-state index < -0.39 is 6.98 Å². The van der Waals surface area contributed by atoms with Crippen LogP contribution in [-0.4, -0.2) is 19.1 Å². The summed E-state index contributed by atoms with van der Waals surface area (Å²) in [7, 11) is 0. The summed E-state index contributed by atoms with van der Waals surface area (Å²) in [6, 6.07) is 3.81. The third-order valence-electron chi connectivity index (χ3n) is 3.99. The van der Waals surface area contributed by atoms with Gasteiger partial charge in [0.1, 0.15) is 17.4 Å². The molecule has 5 heterocycles. The number of fused-ring (bicyclic) bond motifs is 7. The highest BCUT2D eigenvalue weighted by atomic mass is 15.3. The average molecular weight is 265 g/mol. The summed E-state index contributed by atoms with van der Waals surface area (Å²) >= 11 is 0. The van der Waals surface area contributed by atoms with Gasteiger partial charge in [0.25, 0.3) is 0 Å². The molecule has 0 saturated carbocycles. The van der Waals surface area contributed by atoms with E-state index in [-0.39, 0.29) is 0 Å². The number of nitrogens with zero attached hydrogens (tertiary/aromatic N) is 5. The molecule has 5 rings (SSSR count). The number of hydrogen-bond donors (Lipinski definition) is 0. The van der Waals surface area contributed by atoms with E-state index in [9.17, 15) is 0 Å². The molecule has 4 aromatic heterocycles. The van der Waals surface area contributed by atoms with Crippen molar-refractivity contribution < 1.29 is 8.51 Å². The lowest BCUT2D eigenvalue weighted by Gasteiger charge is -1.93. The molecule has 0 bridgehead atoms. The Morgan fingerprint density at radius 2 is 2.15 bits per heavy atom. The zero-order valence-corrected chi connectivity index (χ0v) is 10.5. The average Bonchev–Trinajstić information content (AvgIpc) is 3.13. The highest BCUT2D eigenvalue weighted by molar-refractivity contribution is 5.76. The van der Waals surface area contributed by atoms with Gasteiger partial charge in [0.05, 0.1) is 23.8 Å². The fourth-order valence-electron chi connectivity index (χ4n) is 3.09. The molecule has 96 valence electrons. The van der Waals surface area contributed by atoms with Crippen LogP contribution in [0.2, 0.25) is 0 Å². The Labute approximate surface area is 119 Å². The van der Waals surface area contributed by atoms with E-state index in [1.807, 2.05) is 33.5 Å². The molecule has 1 aliphatic heterocycles. The second-order valence-electron chi connectivity index (χ2n) is 5.00. The molecule has 0 aliphatic carbocycles. The first-order valence-corrected chi connectivity index (χ1v) is 6.39. The highest BCUT2D eigenvalue weighted by Crippen LogP contribution is 2.32. The molecule has 0 N–H and O–H groups in total. The normalized spacial score (nSPS) is 15.9. The van der Waals surface area contributed by atoms with Crippen molar-refractivity contribution in [3.8, 4) is 11.3 Å². The minimum absolute atomic E-state index is 0.604. The van der Waals surface area contributed by atoms with Gasteiger partial charge < -0.3 is 0 Å². The van der Waals surface area contributed by atoms with E-state index in [4.69, 9.17) is 4.11 Å². The van der Waals surface area contributed by atoms with Crippen LogP contribution in [0.4, 0.5) is 0 Å². The summed E-state index contributed by atoms with van der Waals surface area (Å²) in [5, 5.41) is 0. The van der Waals surface area contributed by atoms with Gasteiger partial charge in [-0.05, 0) is 12.1 Å². The predicted octanol–water partition coefficient (Wildman–Crippen LogP) is 1.54. The fraction of sp³-hybridized carbons (Fsp3) is 0.133. The Morgan fingerprint density at radius 3 is 3.10 bits per heavy atom. The number of imidazole rings is 2. The lowest BCUT2D eigenvalue weighted by Crippen LogP contribution is -2.18. The van der Waals surface area contributed by atoms with Crippen LogP contribution < -0.4 is 4.40 Å². The predicted molar refractivity (Wildman–Crippen MR) is 74.2 cm³/mol. The van der Waals surface area contributed by atoms with Crippen molar-refractivity contribution in [2.75, 3.05) is 0 Å². The number of rotatable bonds is 0. The minimum atomic E-state index is -2.28. The maximum atomic E-state index is 7.95. The molecule has 0 aromatic carbocycles. The molecule has 0 spiro atoms. The van der Waals surface area contributed by atoms with Gasteiger partial charge in [0, 0.05) is 29.7 Å². The lowest BCUT2D eigenvalue weighted by atomic mass is 10.1. The second-order valence-corrected chi connectivity index (χ2v) is 5.00. The van der Waals surface area contributed by atoms with Crippen LogP contribution in [0.15, 0.2) is 43.1 Å². The lowest BCUT2D eigenvalue weighted by molar-refractivity contribution is -0.480. The number of hydrogen-bond acceptors (Lipinski definition) is 2. The zero-order chi connectivity index (χ0) is 15.8. The maximum absolute atomic E-state index is 7.95. The highest BCUT2D eigenvalue weighted by Gasteiger charge is 2.30. The Balaban J connectivity index is 1.97. The maximum Gasteiger partial charge on any atom is 0.370 e. The second kappa shape index (κ2) is 3.25. The Bertz CT molecular complexity index is 1090. The Kier molecular flexibility index (Phi) is 1.27. The topological polar surface area (TPSA) is 39.7 Å². The van der Waals surface area contributed by atoms with Crippen molar-refractivity contribution in [3.63, 3.8) is 0 Å². The van der Waals surface area contributed by atoms with Crippen LogP contribution >= 0.6 is 0 Å². The molecule has 0 fully saturated rings. The van der Waals surface area contributed by atoms with Gasteiger partial charge in [-0.2, -0.15) is 4.40 Å². The molecule has 0 amide bonds. The van der Waals surface area contributed by atoms with Crippen LogP contribution in [0.3, 0.4) is 0 Å². The van der Waals surface area contributed by atoms with Gasteiger partial charge in [-0.3, -0.25) is 9.97 Å². The van der Waals surface area contributed by atoms with Crippen LogP contribution in [0.25, 0.3) is 28.1 Å². The van der Waals surface area contributed by atoms with Crippen molar-refractivity contribution in [1.29, 1.82) is 0 Å². The van der Waals surface area contributed by atoms with Gasteiger partial charge in [-0.1, -0.05) is 0 Å². The Morgan fingerprint density at radius 1 is 1.25 bits per heavy atom. The molecule has 0 saturated heterocycles. The quantitative estimate of drug-likeness (QED) is 0.398. The molecule has 5 nitrogen and oxygen atoms in total. The van der Waals surface area contributed by atoms with Gasteiger partial charge in [-0.25, -0.2) is 9.13 Å². The SMILES string of the molecule is [2H]C([2H])([2H])n1c2cnccc2[n+]2cc3n(c12)Cc1ccncc1-3. The van der Waals surface area contributed by atoms with E-state index >= 15 is 0 Å². The van der Waals surface area contributed by atoms with Crippen molar-refractivity contribution in [2.24, 2.45) is 6.98 Å². The molecule has 0 atom stereocenters. The van der Waals surface area contributed by atoms with Crippen molar-refractivity contribution >= 4 is 16.8 Å². The minimum Gasteiger partial charge on any atom is -0.264 e. The molecule has 4 aromatic rings. The molecule has 1 aliphatic rings. The van der Waals surface area contributed by atoms with Crippen LogP contribution in [0, 0.1) is 0 Å². The third-order valence-corrected chi connectivity index (χ3v) is 3.99. The largest absolute Gasteiger partial charge is 0.370 e. The van der Waals surface area contributed by atoms with E-state index in [1.54, 1.807) is 18.6 Å². The van der Waals surface area contributed by atoms with E-state index in [0.717, 1.165) is 22.3 Å². The van der Waals surface area contributed by atoms with Crippen LogP contribution in [0.5, 0.6) is 0 Å². The van der Waals surface area contributed by atoms with Gasteiger partial charge in [0.15, 0.2) is 5.52 Å². The van der Waals surface area contributed by atoms with Crippen molar-refractivity contribution in [2.45, 2.75) is 6.54 Å². The standard InChI is InChI=1S/C15H12N5/c1-18-13-7-17-5-3-12(13)20-9-14-11-6-16-4-2-10(11)8-19(14)15(18)20/h2-7,9H,8H2,1H3/q+1/i1D3. The first kappa shape index (κ1) is 7.79. The Hall–Kier alpha value is -2.69. The van der Waals surface area contributed by atoms with E-state index in [1.165, 1.54) is 4.57 Å². The smallest absolute Gasteiger partial charge is 0.264 e. The summed E-state index contributed by atoms with van der Waals surface area (Å²) < 4.78 is 29.2. The molecule has 20 heavy (non-hydrogen) atoms. The van der Waals surface area contributed by atoms with Crippen LogP contribution in [0.1, 0.15) is 9.68 Å². The summed E-state index contributed by atoms with van der Waals surface area (Å²) in [6.45, 7) is -1.64.